The zero-order valence-corrected chi connectivity index (χ0v) is 18.6. The van der Waals surface area contributed by atoms with Gasteiger partial charge in [-0.2, -0.15) is 0 Å². The summed E-state index contributed by atoms with van der Waals surface area (Å²) in [6.45, 7) is 1.83. The number of fused-ring (bicyclic) bond motifs is 1. The van der Waals surface area contributed by atoms with Crippen LogP contribution in [-0.4, -0.2) is 45.0 Å². The minimum atomic E-state index is -0.267. The molecule has 2 N–H and O–H groups in total. The average molecular weight is 444 g/mol. The van der Waals surface area contributed by atoms with Gasteiger partial charge in [-0.3, -0.25) is 19.6 Å². The van der Waals surface area contributed by atoms with Gasteiger partial charge in [-0.1, -0.05) is 12.1 Å². The van der Waals surface area contributed by atoms with Crippen molar-refractivity contribution in [2.45, 2.75) is 13.3 Å². The molecule has 0 radical (unpaired) electrons. The number of aryl methyl sites for hydroxylation is 1. The van der Waals surface area contributed by atoms with Crippen molar-refractivity contribution in [1.29, 1.82) is 0 Å². The molecule has 9 heteroatoms. The van der Waals surface area contributed by atoms with Gasteiger partial charge < -0.3 is 19.9 Å². The molecule has 0 aliphatic rings. The number of imidazole rings is 1. The maximum absolute atomic E-state index is 12.9. The number of hydrogen-bond donors (Lipinski definition) is 2. The summed E-state index contributed by atoms with van der Waals surface area (Å²) in [5, 5.41) is 5.72. The Bertz CT molecular complexity index is 1320. The molecule has 0 atom stereocenters. The van der Waals surface area contributed by atoms with Crippen LogP contribution in [0.1, 0.15) is 23.0 Å². The van der Waals surface area contributed by atoms with E-state index in [1.807, 2.05) is 35.9 Å². The second kappa shape index (κ2) is 9.47. The number of methoxy groups -OCH3 is 1. The Kier molecular flexibility index (Phi) is 6.30. The summed E-state index contributed by atoms with van der Waals surface area (Å²) in [6.07, 6.45) is 5.44. The number of carbonyl (C=O) groups is 2. The highest BCUT2D eigenvalue weighted by Crippen LogP contribution is 2.34. The number of aromatic nitrogens is 4. The van der Waals surface area contributed by atoms with Gasteiger partial charge in [0.05, 0.1) is 35.1 Å². The lowest BCUT2D eigenvalue weighted by Crippen LogP contribution is -2.26. The lowest BCUT2D eigenvalue weighted by molar-refractivity contribution is -0.114. The van der Waals surface area contributed by atoms with Crippen LogP contribution in [0.4, 0.5) is 5.69 Å². The summed E-state index contributed by atoms with van der Waals surface area (Å²) in [6, 6.07) is 10.9. The van der Waals surface area contributed by atoms with Gasteiger partial charge in [0.1, 0.15) is 11.6 Å². The van der Waals surface area contributed by atoms with Crippen LogP contribution in [0.25, 0.3) is 22.4 Å². The van der Waals surface area contributed by atoms with Gasteiger partial charge in [-0.05, 0) is 24.3 Å². The second-order valence-electron chi connectivity index (χ2n) is 7.47. The molecule has 168 valence electrons. The smallest absolute Gasteiger partial charge is 0.251 e. The van der Waals surface area contributed by atoms with Crippen LogP contribution in [0.5, 0.6) is 5.75 Å². The van der Waals surface area contributed by atoms with E-state index in [0.29, 0.717) is 46.8 Å². The van der Waals surface area contributed by atoms with Crippen molar-refractivity contribution in [3.8, 4) is 17.1 Å². The van der Waals surface area contributed by atoms with E-state index in [9.17, 15) is 9.59 Å². The van der Waals surface area contributed by atoms with Crippen molar-refractivity contribution in [2.24, 2.45) is 7.05 Å². The number of benzene rings is 2. The highest BCUT2D eigenvalue weighted by Gasteiger charge is 2.19. The van der Waals surface area contributed by atoms with Crippen LogP contribution in [0.3, 0.4) is 0 Å². The molecule has 0 spiro atoms. The van der Waals surface area contributed by atoms with E-state index in [-0.39, 0.29) is 11.8 Å². The van der Waals surface area contributed by atoms with Gasteiger partial charge in [0.15, 0.2) is 0 Å². The number of para-hydroxylation sites is 1. The van der Waals surface area contributed by atoms with E-state index in [1.54, 1.807) is 37.8 Å². The number of carbonyl (C=O) groups excluding carboxylic acids is 2. The number of hydrogen-bond acceptors (Lipinski definition) is 6. The third-order valence-electron chi connectivity index (χ3n) is 5.17. The maximum Gasteiger partial charge on any atom is 0.251 e. The summed E-state index contributed by atoms with van der Waals surface area (Å²) < 4.78 is 7.37. The number of nitrogens with zero attached hydrogens (tertiary/aromatic N) is 4. The summed E-state index contributed by atoms with van der Waals surface area (Å²) >= 11 is 0. The van der Waals surface area contributed by atoms with Gasteiger partial charge >= 0.3 is 0 Å². The van der Waals surface area contributed by atoms with E-state index in [4.69, 9.17) is 9.72 Å². The molecule has 2 aromatic carbocycles. The molecule has 0 bridgehead atoms. The molecule has 0 aliphatic carbocycles. The quantitative estimate of drug-likeness (QED) is 0.453. The number of nitrogens with one attached hydrogen (secondary N) is 2. The molecule has 0 unspecified atom stereocenters. The monoisotopic (exact) mass is 444 g/mol. The van der Waals surface area contributed by atoms with Crippen LogP contribution in [0.15, 0.2) is 55.0 Å². The Hall–Kier alpha value is -4.27. The van der Waals surface area contributed by atoms with Crippen molar-refractivity contribution < 1.29 is 14.3 Å². The van der Waals surface area contributed by atoms with Crippen molar-refractivity contribution in [3.05, 3.63) is 66.2 Å². The van der Waals surface area contributed by atoms with Gasteiger partial charge in [-0.15, -0.1) is 0 Å². The van der Waals surface area contributed by atoms with Crippen molar-refractivity contribution in [2.75, 3.05) is 19.0 Å². The zero-order chi connectivity index (χ0) is 23.4. The first-order valence-electron chi connectivity index (χ1n) is 10.4. The van der Waals surface area contributed by atoms with E-state index in [1.165, 1.54) is 6.92 Å². The van der Waals surface area contributed by atoms with E-state index in [2.05, 4.69) is 20.6 Å². The fourth-order valence-corrected chi connectivity index (χ4v) is 3.70. The highest BCUT2D eigenvalue weighted by atomic mass is 16.5. The highest BCUT2D eigenvalue weighted by molar-refractivity contribution is 6.05. The minimum absolute atomic E-state index is 0.239. The fourth-order valence-electron chi connectivity index (χ4n) is 3.70. The van der Waals surface area contributed by atoms with Crippen molar-refractivity contribution in [1.82, 2.24) is 24.8 Å². The second-order valence-corrected chi connectivity index (χ2v) is 7.47. The van der Waals surface area contributed by atoms with Gasteiger partial charge in [-0.25, -0.2) is 4.98 Å². The van der Waals surface area contributed by atoms with Crippen LogP contribution >= 0.6 is 0 Å². The predicted molar refractivity (Wildman–Crippen MR) is 125 cm³/mol. The lowest BCUT2D eigenvalue weighted by atomic mass is 10.1. The molecule has 0 saturated heterocycles. The molecule has 2 aromatic heterocycles. The van der Waals surface area contributed by atoms with Crippen LogP contribution in [-0.2, 0) is 18.3 Å². The fraction of sp³-hybridized carbons (Fsp3) is 0.208. The normalized spacial score (nSPS) is 10.8. The first-order valence-corrected chi connectivity index (χ1v) is 10.4. The van der Waals surface area contributed by atoms with Gasteiger partial charge in [0.2, 0.25) is 5.91 Å². The molecular formula is C24H24N6O3. The molecule has 2 heterocycles. The molecule has 0 fully saturated rings. The summed E-state index contributed by atoms with van der Waals surface area (Å²) in [5.74, 6) is 0.835. The predicted octanol–water partition coefficient (Wildman–Crippen LogP) is 2.97. The Labute approximate surface area is 190 Å². The molecule has 33 heavy (non-hydrogen) atoms. The van der Waals surface area contributed by atoms with E-state index in [0.717, 1.165) is 11.3 Å². The largest absolute Gasteiger partial charge is 0.496 e. The van der Waals surface area contributed by atoms with Crippen molar-refractivity contribution in [3.63, 3.8) is 0 Å². The first kappa shape index (κ1) is 21.9. The first-order chi connectivity index (χ1) is 16.0. The lowest BCUT2D eigenvalue weighted by Gasteiger charge is -2.11. The molecular weight excluding hydrogens is 420 g/mol. The summed E-state index contributed by atoms with van der Waals surface area (Å²) in [4.78, 5) is 37.7. The van der Waals surface area contributed by atoms with Crippen LogP contribution < -0.4 is 15.4 Å². The Balaban J connectivity index is 1.69. The molecule has 9 nitrogen and oxygen atoms in total. The summed E-state index contributed by atoms with van der Waals surface area (Å²) in [5.41, 5.74) is 3.80. The van der Waals surface area contributed by atoms with Crippen LogP contribution in [0, 0.1) is 0 Å². The molecule has 0 aliphatic heterocycles. The topological polar surface area (TPSA) is 111 Å². The number of rotatable bonds is 7. The number of ether oxygens (including phenoxy) is 1. The Morgan fingerprint density at radius 2 is 1.97 bits per heavy atom. The number of amides is 2. The van der Waals surface area contributed by atoms with E-state index >= 15 is 0 Å². The summed E-state index contributed by atoms with van der Waals surface area (Å²) in [7, 11) is 3.47. The number of anilines is 1. The molecule has 4 aromatic rings. The Morgan fingerprint density at radius 3 is 2.70 bits per heavy atom. The minimum Gasteiger partial charge on any atom is -0.496 e. The van der Waals surface area contributed by atoms with Gasteiger partial charge in [0, 0.05) is 51.1 Å². The molecule has 2 amide bonds. The van der Waals surface area contributed by atoms with E-state index < -0.39 is 0 Å². The molecule has 4 rings (SSSR count). The third-order valence-corrected chi connectivity index (χ3v) is 5.17. The third kappa shape index (κ3) is 4.67. The SMILES string of the molecule is COc1ccccc1-c1nc2cc(C(=O)NCCc3cnccn3)cc(NC(C)=O)c2n1C. The van der Waals surface area contributed by atoms with Crippen molar-refractivity contribution >= 4 is 28.5 Å². The standard InChI is InChI=1S/C24H24N6O3/c1-15(31)28-19-12-16(24(32)27-9-8-17-14-25-10-11-26-17)13-20-22(19)30(2)23(29-20)18-6-4-5-7-21(18)33-3/h4-7,10-14H,8-9H2,1-3H3,(H,27,32)(H,28,31). The average Bonchev–Trinajstić information content (AvgIpc) is 3.15. The molecule has 0 saturated carbocycles. The van der Waals surface area contributed by atoms with Gasteiger partial charge in [0.25, 0.3) is 5.91 Å². The Morgan fingerprint density at radius 1 is 1.15 bits per heavy atom. The van der Waals surface area contributed by atoms with Crippen LogP contribution in [0.2, 0.25) is 0 Å². The zero-order valence-electron chi connectivity index (χ0n) is 18.6. The maximum atomic E-state index is 12.9.